The molecule has 0 radical (unpaired) electrons. The standard InChI is InChI=1S/C20H20F2N6O/c1-27(15-4-5-15)19-7-3-13(10-23-19)9-20(29)25-18-11-24-28(26-18)12-14-2-6-16(21)17(22)8-14/h2-3,6-8,10-11,15H,4-5,9,12H2,1H3,(H,25,26,29). The SMILES string of the molecule is CN(c1ccc(CC(=O)Nc2cnn(Cc3ccc(F)c(F)c3)n2)cn1)C1CC1. The number of hydrogen-bond donors (Lipinski definition) is 1. The number of benzene rings is 1. The lowest BCUT2D eigenvalue weighted by Crippen LogP contribution is -2.20. The Bertz CT molecular complexity index is 1020. The summed E-state index contributed by atoms with van der Waals surface area (Å²) in [7, 11) is 2.02. The first-order valence-electron chi connectivity index (χ1n) is 9.29. The Morgan fingerprint density at radius 2 is 1.97 bits per heavy atom. The van der Waals surface area contributed by atoms with Crippen molar-refractivity contribution in [2.75, 3.05) is 17.3 Å². The van der Waals surface area contributed by atoms with Gasteiger partial charge in [0.15, 0.2) is 17.5 Å². The van der Waals surface area contributed by atoms with Crippen molar-refractivity contribution in [1.29, 1.82) is 0 Å². The van der Waals surface area contributed by atoms with Gasteiger partial charge in [0.25, 0.3) is 0 Å². The molecule has 1 N–H and O–H groups in total. The van der Waals surface area contributed by atoms with Crippen LogP contribution in [0, 0.1) is 11.6 Å². The molecule has 2 aromatic heterocycles. The highest BCUT2D eigenvalue weighted by Crippen LogP contribution is 2.28. The molecule has 1 aliphatic carbocycles. The number of aromatic nitrogens is 4. The minimum atomic E-state index is -0.925. The van der Waals surface area contributed by atoms with Gasteiger partial charge in [0.2, 0.25) is 5.91 Å². The summed E-state index contributed by atoms with van der Waals surface area (Å²) in [5.41, 5.74) is 1.31. The van der Waals surface area contributed by atoms with E-state index in [1.54, 1.807) is 6.20 Å². The van der Waals surface area contributed by atoms with Gasteiger partial charge in [-0.1, -0.05) is 12.1 Å². The van der Waals surface area contributed by atoms with Crippen molar-refractivity contribution in [2.45, 2.75) is 31.8 Å². The van der Waals surface area contributed by atoms with Crippen molar-refractivity contribution in [3.8, 4) is 0 Å². The van der Waals surface area contributed by atoms with Crippen LogP contribution in [-0.4, -0.2) is 39.0 Å². The van der Waals surface area contributed by atoms with Gasteiger partial charge in [0.1, 0.15) is 5.82 Å². The fourth-order valence-corrected chi connectivity index (χ4v) is 2.98. The molecule has 0 saturated heterocycles. The first kappa shape index (κ1) is 19.0. The number of nitrogens with one attached hydrogen (secondary N) is 1. The maximum absolute atomic E-state index is 13.3. The molecule has 0 bridgehead atoms. The number of anilines is 2. The fraction of sp³-hybridized carbons (Fsp3) is 0.300. The van der Waals surface area contributed by atoms with Crippen molar-refractivity contribution < 1.29 is 13.6 Å². The van der Waals surface area contributed by atoms with Crippen LogP contribution in [0.15, 0.2) is 42.7 Å². The van der Waals surface area contributed by atoms with Crippen LogP contribution in [0.25, 0.3) is 0 Å². The smallest absolute Gasteiger partial charge is 0.230 e. The lowest BCUT2D eigenvalue weighted by Gasteiger charge is -2.17. The second kappa shape index (κ2) is 7.94. The molecule has 4 rings (SSSR count). The molecule has 3 aromatic rings. The van der Waals surface area contributed by atoms with E-state index in [-0.39, 0.29) is 24.7 Å². The summed E-state index contributed by atoms with van der Waals surface area (Å²) in [6, 6.07) is 7.98. The van der Waals surface area contributed by atoms with Gasteiger partial charge in [-0.3, -0.25) is 4.79 Å². The summed E-state index contributed by atoms with van der Waals surface area (Å²) < 4.78 is 26.3. The van der Waals surface area contributed by atoms with Crippen LogP contribution in [0.5, 0.6) is 0 Å². The molecular formula is C20H20F2N6O. The fourth-order valence-electron chi connectivity index (χ4n) is 2.98. The van der Waals surface area contributed by atoms with Crippen molar-refractivity contribution >= 4 is 17.5 Å². The van der Waals surface area contributed by atoms with Crippen LogP contribution in [0.1, 0.15) is 24.0 Å². The summed E-state index contributed by atoms with van der Waals surface area (Å²) in [5, 5.41) is 10.8. The Morgan fingerprint density at radius 3 is 2.66 bits per heavy atom. The van der Waals surface area contributed by atoms with Crippen LogP contribution < -0.4 is 10.2 Å². The van der Waals surface area contributed by atoms with Gasteiger partial charge in [0.05, 0.1) is 19.2 Å². The van der Waals surface area contributed by atoms with Gasteiger partial charge in [-0.25, -0.2) is 13.8 Å². The second-order valence-electron chi connectivity index (χ2n) is 7.10. The number of hydrogen-bond acceptors (Lipinski definition) is 5. The zero-order chi connectivity index (χ0) is 20.4. The Morgan fingerprint density at radius 1 is 1.17 bits per heavy atom. The molecular weight excluding hydrogens is 378 g/mol. The van der Waals surface area contributed by atoms with Crippen molar-refractivity contribution in [3.05, 3.63) is 65.5 Å². The first-order chi connectivity index (χ1) is 14.0. The van der Waals surface area contributed by atoms with Gasteiger partial charge in [-0.2, -0.15) is 9.90 Å². The van der Waals surface area contributed by atoms with E-state index in [4.69, 9.17) is 0 Å². The normalized spacial score (nSPS) is 13.3. The molecule has 1 amide bonds. The second-order valence-corrected chi connectivity index (χ2v) is 7.10. The summed E-state index contributed by atoms with van der Waals surface area (Å²) in [6.07, 6.45) is 5.66. The number of halogens is 2. The zero-order valence-electron chi connectivity index (χ0n) is 15.8. The molecule has 150 valence electrons. The Balaban J connectivity index is 1.32. The highest BCUT2D eigenvalue weighted by Gasteiger charge is 2.26. The maximum Gasteiger partial charge on any atom is 0.230 e. The van der Waals surface area contributed by atoms with Gasteiger partial charge in [-0.15, -0.1) is 5.10 Å². The highest BCUT2D eigenvalue weighted by molar-refractivity contribution is 5.91. The van der Waals surface area contributed by atoms with E-state index in [1.807, 2.05) is 19.2 Å². The largest absolute Gasteiger partial charge is 0.357 e. The highest BCUT2D eigenvalue weighted by atomic mass is 19.2. The lowest BCUT2D eigenvalue weighted by atomic mass is 10.2. The van der Waals surface area contributed by atoms with E-state index in [1.165, 1.54) is 29.9 Å². The van der Waals surface area contributed by atoms with Gasteiger partial charge >= 0.3 is 0 Å². The van der Waals surface area contributed by atoms with E-state index >= 15 is 0 Å². The minimum Gasteiger partial charge on any atom is -0.357 e. The first-order valence-corrected chi connectivity index (χ1v) is 9.29. The third-order valence-corrected chi connectivity index (χ3v) is 4.74. The van der Waals surface area contributed by atoms with Crippen LogP contribution >= 0.6 is 0 Å². The molecule has 0 unspecified atom stereocenters. The van der Waals surface area contributed by atoms with E-state index in [9.17, 15) is 13.6 Å². The van der Waals surface area contributed by atoms with Gasteiger partial charge in [-0.05, 0) is 42.2 Å². The number of pyridine rings is 1. The van der Waals surface area contributed by atoms with E-state index in [0.29, 0.717) is 11.6 Å². The predicted octanol–water partition coefficient (Wildman–Crippen LogP) is 2.78. The molecule has 1 fully saturated rings. The Hall–Kier alpha value is -3.36. The predicted molar refractivity (Wildman–Crippen MR) is 103 cm³/mol. The summed E-state index contributed by atoms with van der Waals surface area (Å²) in [4.78, 5) is 20.1. The number of rotatable bonds is 7. The minimum absolute atomic E-state index is 0.160. The molecule has 9 heteroatoms. The number of nitrogens with zero attached hydrogens (tertiary/aromatic N) is 5. The third kappa shape index (κ3) is 4.74. The van der Waals surface area contributed by atoms with Crippen molar-refractivity contribution in [3.63, 3.8) is 0 Å². The van der Waals surface area contributed by atoms with Crippen LogP contribution in [0.3, 0.4) is 0 Å². The molecule has 7 nitrogen and oxygen atoms in total. The third-order valence-electron chi connectivity index (χ3n) is 4.74. The topological polar surface area (TPSA) is 75.9 Å². The quantitative estimate of drug-likeness (QED) is 0.662. The monoisotopic (exact) mass is 398 g/mol. The Labute approximate surface area is 166 Å². The van der Waals surface area contributed by atoms with Gasteiger partial charge in [0, 0.05) is 19.3 Å². The molecule has 0 spiro atoms. The summed E-state index contributed by atoms with van der Waals surface area (Å²) >= 11 is 0. The summed E-state index contributed by atoms with van der Waals surface area (Å²) in [6.45, 7) is 0.160. The molecule has 1 aromatic carbocycles. The molecule has 2 heterocycles. The van der Waals surface area contributed by atoms with Crippen LogP contribution in [0.4, 0.5) is 20.4 Å². The maximum atomic E-state index is 13.3. The summed E-state index contributed by atoms with van der Waals surface area (Å²) in [5.74, 6) is -0.884. The van der Waals surface area contributed by atoms with Crippen molar-refractivity contribution in [1.82, 2.24) is 20.0 Å². The molecule has 1 saturated carbocycles. The van der Waals surface area contributed by atoms with Gasteiger partial charge < -0.3 is 10.2 Å². The molecule has 1 aliphatic rings. The average molecular weight is 398 g/mol. The van der Waals surface area contributed by atoms with Crippen molar-refractivity contribution in [2.24, 2.45) is 0 Å². The lowest BCUT2D eigenvalue weighted by molar-refractivity contribution is -0.115. The van der Waals surface area contributed by atoms with E-state index < -0.39 is 11.6 Å². The molecule has 0 atom stereocenters. The number of carbonyl (C=O) groups excluding carboxylic acids is 1. The van der Waals surface area contributed by atoms with Crippen LogP contribution in [-0.2, 0) is 17.8 Å². The number of carbonyl (C=O) groups is 1. The van der Waals surface area contributed by atoms with Crippen LogP contribution in [0.2, 0.25) is 0 Å². The molecule has 0 aliphatic heterocycles. The number of amides is 1. The Kier molecular flexibility index (Phi) is 5.20. The zero-order valence-corrected chi connectivity index (χ0v) is 15.8. The average Bonchev–Trinajstić information content (AvgIpc) is 3.46. The van der Waals surface area contributed by atoms with E-state index in [2.05, 4.69) is 25.4 Å². The molecule has 29 heavy (non-hydrogen) atoms. The van der Waals surface area contributed by atoms with E-state index in [0.717, 1.165) is 23.5 Å².